The summed E-state index contributed by atoms with van der Waals surface area (Å²) in [6.45, 7) is 4.99. The maximum absolute atomic E-state index is 12.5. The lowest BCUT2D eigenvalue weighted by molar-refractivity contribution is 0.0699. The van der Waals surface area contributed by atoms with E-state index in [2.05, 4.69) is 13.8 Å². The zero-order chi connectivity index (χ0) is 13.3. The van der Waals surface area contributed by atoms with Crippen molar-refractivity contribution < 1.29 is 4.79 Å². The Morgan fingerprint density at radius 2 is 2.22 bits per heavy atom. The summed E-state index contributed by atoms with van der Waals surface area (Å²) in [5.41, 5.74) is 6.77. The molecule has 1 amide bonds. The lowest BCUT2D eigenvalue weighted by atomic mass is 10.1. The van der Waals surface area contributed by atoms with Crippen LogP contribution in [0.3, 0.4) is 0 Å². The normalized spacial score (nSPS) is 24.1. The van der Waals surface area contributed by atoms with Gasteiger partial charge in [0.05, 0.1) is 16.3 Å². The van der Waals surface area contributed by atoms with Gasteiger partial charge in [0.2, 0.25) is 0 Å². The minimum absolute atomic E-state index is 0.0188. The minimum atomic E-state index is -0.0188. The Kier molecular flexibility index (Phi) is 4.07. The monoisotopic (exact) mass is 284 g/mol. The van der Waals surface area contributed by atoms with Gasteiger partial charge < -0.3 is 10.6 Å². The van der Waals surface area contributed by atoms with Crippen LogP contribution in [0.25, 0.3) is 0 Å². The van der Waals surface area contributed by atoms with Crippen molar-refractivity contribution in [2.24, 2.45) is 0 Å². The van der Waals surface area contributed by atoms with Gasteiger partial charge in [-0.05, 0) is 19.1 Å². The zero-order valence-corrected chi connectivity index (χ0v) is 12.1. The number of thioether (sulfide) groups is 1. The summed E-state index contributed by atoms with van der Waals surface area (Å²) in [7, 11) is 0. The number of halogens is 1. The molecular formula is C13H17ClN2OS. The van der Waals surface area contributed by atoms with Gasteiger partial charge in [0.15, 0.2) is 0 Å². The molecule has 1 fully saturated rings. The fraction of sp³-hybridized carbons (Fsp3) is 0.462. The number of nitrogen functional groups attached to an aromatic ring is 1. The summed E-state index contributed by atoms with van der Waals surface area (Å²) in [6.07, 6.45) is 0. The highest BCUT2D eigenvalue weighted by molar-refractivity contribution is 8.00. The van der Waals surface area contributed by atoms with E-state index in [9.17, 15) is 4.79 Å². The van der Waals surface area contributed by atoms with E-state index in [4.69, 9.17) is 17.3 Å². The maximum Gasteiger partial charge on any atom is 0.256 e. The fourth-order valence-electron chi connectivity index (χ4n) is 2.10. The molecule has 18 heavy (non-hydrogen) atoms. The second kappa shape index (κ2) is 5.41. The molecule has 2 unspecified atom stereocenters. The number of para-hydroxylation sites is 1. The highest BCUT2D eigenvalue weighted by Gasteiger charge is 2.30. The van der Waals surface area contributed by atoms with Gasteiger partial charge >= 0.3 is 0 Å². The third kappa shape index (κ3) is 2.45. The van der Waals surface area contributed by atoms with E-state index in [0.29, 0.717) is 21.5 Å². The lowest BCUT2D eigenvalue weighted by Gasteiger charge is -2.37. The molecule has 2 rings (SSSR count). The van der Waals surface area contributed by atoms with Crippen molar-refractivity contribution in [3.05, 3.63) is 28.8 Å². The van der Waals surface area contributed by atoms with Gasteiger partial charge in [-0.25, -0.2) is 0 Å². The van der Waals surface area contributed by atoms with Crippen LogP contribution in [-0.2, 0) is 0 Å². The Morgan fingerprint density at radius 3 is 2.94 bits per heavy atom. The van der Waals surface area contributed by atoms with Crippen molar-refractivity contribution in [2.75, 3.05) is 18.0 Å². The first-order valence-corrected chi connectivity index (χ1v) is 7.41. The molecule has 0 bridgehead atoms. The first kappa shape index (κ1) is 13.6. The molecule has 1 aromatic carbocycles. The number of carbonyl (C=O) groups is 1. The van der Waals surface area contributed by atoms with Crippen molar-refractivity contribution in [2.45, 2.75) is 25.1 Å². The number of hydrogen-bond donors (Lipinski definition) is 1. The van der Waals surface area contributed by atoms with Crippen molar-refractivity contribution in [3.8, 4) is 0 Å². The summed E-state index contributed by atoms with van der Waals surface area (Å²) < 4.78 is 0. The number of nitrogens with two attached hydrogens (primary N) is 1. The number of anilines is 1. The first-order valence-electron chi connectivity index (χ1n) is 5.99. The van der Waals surface area contributed by atoms with Crippen LogP contribution in [0.15, 0.2) is 18.2 Å². The van der Waals surface area contributed by atoms with Gasteiger partial charge in [0.25, 0.3) is 5.91 Å². The second-order valence-electron chi connectivity index (χ2n) is 4.52. The molecule has 2 atom stereocenters. The van der Waals surface area contributed by atoms with Crippen molar-refractivity contribution in [3.63, 3.8) is 0 Å². The van der Waals surface area contributed by atoms with Crippen LogP contribution in [-0.4, -0.2) is 34.4 Å². The average Bonchev–Trinajstić information content (AvgIpc) is 2.35. The number of carbonyl (C=O) groups excluding carboxylic acids is 1. The highest BCUT2D eigenvalue weighted by Crippen LogP contribution is 2.28. The molecule has 0 aromatic heterocycles. The maximum atomic E-state index is 12.5. The van der Waals surface area contributed by atoms with E-state index in [1.54, 1.807) is 18.2 Å². The molecule has 2 N–H and O–H groups in total. The molecule has 0 radical (unpaired) electrons. The molecule has 0 aliphatic carbocycles. The number of hydrogen-bond acceptors (Lipinski definition) is 3. The molecule has 1 aromatic rings. The van der Waals surface area contributed by atoms with E-state index in [0.717, 1.165) is 12.3 Å². The van der Waals surface area contributed by atoms with Crippen LogP contribution >= 0.6 is 23.4 Å². The van der Waals surface area contributed by atoms with Gasteiger partial charge in [0, 0.05) is 23.6 Å². The Morgan fingerprint density at radius 1 is 1.50 bits per heavy atom. The SMILES string of the molecule is CC1SCCN(C(=O)c2cccc(Cl)c2N)C1C. The Balaban J connectivity index is 2.28. The fourth-order valence-corrected chi connectivity index (χ4v) is 3.37. The van der Waals surface area contributed by atoms with Gasteiger partial charge in [-0.15, -0.1) is 0 Å². The Bertz CT molecular complexity index is 466. The van der Waals surface area contributed by atoms with E-state index < -0.39 is 0 Å². The van der Waals surface area contributed by atoms with Gasteiger partial charge in [-0.1, -0.05) is 24.6 Å². The predicted octanol–water partition coefficient (Wildman–Crippen LogP) is 2.89. The van der Waals surface area contributed by atoms with E-state index in [1.807, 2.05) is 16.7 Å². The van der Waals surface area contributed by atoms with Crippen LogP contribution in [0.2, 0.25) is 5.02 Å². The molecule has 1 aliphatic heterocycles. The van der Waals surface area contributed by atoms with Crippen LogP contribution in [0.1, 0.15) is 24.2 Å². The third-order valence-electron chi connectivity index (χ3n) is 3.43. The van der Waals surface area contributed by atoms with Crippen molar-refractivity contribution in [1.29, 1.82) is 0 Å². The highest BCUT2D eigenvalue weighted by atomic mass is 35.5. The molecule has 1 saturated heterocycles. The van der Waals surface area contributed by atoms with Crippen molar-refractivity contribution in [1.82, 2.24) is 4.90 Å². The largest absolute Gasteiger partial charge is 0.397 e. The molecule has 98 valence electrons. The molecule has 0 spiro atoms. The average molecular weight is 285 g/mol. The molecule has 3 nitrogen and oxygen atoms in total. The van der Waals surface area contributed by atoms with Crippen LogP contribution in [0, 0.1) is 0 Å². The molecular weight excluding hydrogens is 268 g/mol. The summed E-state index contributed by atoms with van der Waals surface area (Å²) in [4.78, 5) is 14.4. The van der Waals surface area contributed by atoms with E-state index >= 15 is 0 Å². The standard InChI is InChI=1S/C13H17ClN2OS/c1-8-9(2)18-7-6-16(8)13(17)10-4-3-5-11(14)12(10)15/h3-5,8-9H,6-7,15H2,1-2H3. The number of nitrogens with zero attached hydrogens (tertiary/aromatic N) is 1. The second-order valence-corrected chi connectivity index (χ2v) is 6.41. The summed E-state index contributed by atoms with van der Waals surface area (Å²) in [6, 6.07) is 5.42. The number of rotatable bonds is 1. The summed E-state index contributed by atoms with van der Waals surface area (Å²) in [5, 5.41) is 0.885. The molecule has 1 heterocycles. The molecule has 1 aliphatic rings. The van der Waals surface area contributed by atoms with Crippen LogP contribution in [0.4, 0.5) is 5.69 Å². The number of benzene rings is 1. The zero-order valence-electron chi connectivity index (χ0n) is 10.5. The van der Waals surface area contributed by atoms with Crippen LogP contribution < -0.4 is 5.73 Å². The molecule has 5 heteroatoms. The van der Waals surface area contributed by atoms with Crippen molar-refractivity contribution >= 4 is 35.0 Å². The smallest absolute Gasteiger partial charge is 0.256 e. The topological polar surface area (TPSA) is 46.3 Å². The van der Waals surface area contributed by atoms with Crippen LogP contribution in [0.5, 0.6) is 0 Å². The Hall–Kier alpha value is -0.870. The summed E-state index contributed by atoms with van der Waals surface area (Å²) in [5.74, 6) is 0.951. The predicted molar refractivity (Wildman–Crippen MR) is 78.3 cm³/mol. The minimum Gasteiger partial charge on any atom is -0.397 e. The van der Waals surface area contributed by atoms with Gasteiger partial charge in [-0.3, -0.25) is 4.79 Å². The first-order chi connectivity index (χ1) is 8.52. The Labute approximate surface area is 117 Å². The van der Waals surface area contributed by atoms with E-state index in [1.165, 1.54) is 0 Å². The summed E-state index contributed by atoms with van der Waals surface area (Å²) >= 11 is 7.86. The van der Waals surface area contributed by atoms with E-state index in [-0.39, 0.29) is 11.9 Å². The van der Waals surface area contributed by atoms with Gasteiger partial charge in [0.1, 0.15) is 0 Å². The quantitative estimate of drug-likeness (QED) is 0.807. The molecule has 0 saturated carbocycles. The third-order valence-corrected chi connectivity index (χ3v) is 5.10. The van der Waals surface area contributed by atoms with Gasteiger partial charge in [-0.2, -0.15) is 11.8 Å². The lowest BCUT2D eigenvalue weighted by Crippen LogP contribution is -2.48. The number of amides is 1.